The van der Waals surface area contributed by atoms with Crippen LogP contribution in [0.15, 0.2) is 64.1 Å². The molecule has 0 aliphatic carbocycles. The Morgan fingerprint density at radius 3 is 2.63 bits per heavy atom. The van der Waals surface area contributed by atoms with Gasteiger partial charge in [0.25, 0.3) is 11.6 Å². The Bertz CT molecular complexity index is 1030. The van der Waals surface area contributed by atoms with Crippen LogP contribution in [0, 0.1) is 10.1 Å². The van der Waals surface area contributed by atoms with Crippen molar-refractivity contribution in [3.63, 3.8) is 0 Å². The Labute approximate surface area is 158 Å². The first kappa shape index (κ1) is 18.2. The number of hydrazone groups is 1. The number of nitrogen functional groups attached to an aromatic ring is 1. The van der Waals surface area contributed by atoms with Crippen LogP contribution in [0.1, 0.15) is 16.1 Å². The zero-order valence-electron chi connectivity index (χ0n) is 13.8. The van der Waals surface area contributed by atoms with E-state index in [4.69, 9.17) is 21.8 Å². The molecule has 136 valence electrons. The number of benzene rings is 2. The van der Waals surface area contributed by atoms with Crippen LogP contribution < -0.4 is 11.2 Å². The molecule has 1 amide bonds. The van der Waals surface area contributed by atoms with E-state index < -0.39 is 10.8 Å². The Balaban J connectivity index is 1.73. The first-order valence-electron chi connectivity index (χ1n) is 7.67. The molecule has 0 aliphatic rings. The number of hydrogen-bond acceptors (Lipinski definition) is 6. The minimum Gasteiger partial charge on any atom is -0.455 e. The molecule has 3 N–H and O–H groups in total. The maximum atomic E-state index is 11.9. The molecular weight excluding hydrogens is 372 g/mol. The molecule has 1 aromatic heterocycles. The molecule has 0 saturated heterocycles. The van der Waals surface area contributed by atoms with E-state index >= 15 is 0 Å². The van der Waals surface area contributed by atoms with Gasteiger partial charge in [-0.2, -0.15) is 5.10 Å². The summed E-state index contributed by atoms with van der Waals surface area (Å²) in [5.41, 5.74) is 8.99. The molecule has 0 aliphatic heterocycles. The highest BCUT2D eigenvalue weighted by Crippen LogP contribution is 2.33. The highest BCUT2D eigenvalue weighted by atomic mass is 35.5. The molecule has 8 nitrogen and oxygen atoms in total. The standard InChI is InChI=1S/C18H13ClN4O4/c19-12-3-7-15(16(9-12)23(25)26)17-8-6-14(27-17)10-21-22-18(24)11-1-4-13(20)5-2-11/h1-10H,20H2,(H,22,24)/b21-10-. The first-order chi connectivity index (χ1) is 12.9. The van der Waals surface area contributed by atoms with Crippen LogP contribution >= 0.6 is 11.6 Å². The maximum Gasteiger partial charge on any atom is 0.281 e. The second-order valence-electron chi connectivity index (χ2n) is 5.44. The second kappa shape index (κ2) is 7.71. The minimum absolute atomic E-state index is 0.169. The van der Waals surface area contributed by atoms with Gasteiger partial charge in [0.2, 0.25) is 0 Å². The maximum absolute atomic E-state index is 11.9. The van der Waals surface area contributed by atoms with E-state index in [2.05, 4.69) is 10.5 Å². The lowest BCUT2D eigenvalue weighted by Gasteiger charge is -2.00. The average Bonchev–Trinajstić information content (AvgIpc) is 3.10. The molecule has 2 aromatic carbocycles. The lowest BCUT2D eigenvalue weighted by Crippen LogP contribution is -2.17. The molecule has 0 saturated carbocycles. The molecule has 0 fully saturated rings. The first-order valence-corrected chi connectivity index (χ1v) is 8.05. The summed E-state index contributed by atoms with van der Waals surface area (Å²) in [6.07, 6.45) is 1.29. The van der Waals surface area contributed by atoms with E-state index in [0.29, 0.717) is 17.0 Å². The summed E-state index contributed by atoms with van der Waals surface area (Å²) in [7, 11) is 0. The number of hydrogen-bond donors (Lipinski definition) is 2. The van der Waals surface area contributed by atoms with Gasteiger partial charge in [-0.05, 0) is 48.5 Å². The number of carbonyl (C=O) groups excluding carboxylic acids is 1. The topological polar surface area (TPSA) is 124 Å². The molecule has 0 atom stereocenters. The fourth-order valence-corrected chi connectivity index (χ4v) is 2.45. The number of nitro benzene ring substituents is 1. The van der Waals surface area contributed by atoms with Crippen molar-refractivity contribution in [1.29, 1.82) is 0 Å². The van der Waals surface area contributed by atoms with Crippen LogP contribution in [0.3, 0.4) is 0 Å². The van der Waals surface area contributed by atoms with Gasteiger partial charge in [-0.3, -0.25) is 14.9 Å². The molecule has 9 heteroatoms. The van der Waals surface area contributed by atoms with Crippen LogP contribution in [0.25, 0.3) is 11.3 Å². The van der Waals surface area contributed by atoms with Crippen molar-refractivity contribution in [1.82, 2.24) is 5.43 Å². The monoisotopic (exact) mass is 384 g/mol. The molecule has 0 spiro atoms. The molecule has 0 radical (unpaired) electrons. The van der Waals surface area contributed by atoms with Crippen LogP contribution in [0.2, 0.25) is 5.02 Å². The normalized spacial score (nSPS) is 10.9. The summed E-state index contributed by atoms with van der Waals surface area (Å²) in [6.45, 7) is 0. The molecule has 3 rings (SSSR count). The Morgan fingerprint density at radius 1 is 1.19 bits per heavy atom. The summed E-state index contributed by atoms with van der Waals surface area (Å²) in [6, 6.07) is 13.8. The fraction of sp³-hybridized carbons (Fsp3) is 0. The summed E-state index contributed by atoms with van der Waals surface area (Å²) in [5.74, 6) is 0.183. The van der Waals surface area contributed by atoms with Crippen molar-refractivity contribution in [3.05, 3.63) is 81.1 Å². The second-order valence-corrected chi connectivity index (χ2v) is 5.88. The van der Waals surface area contributed by atoms with Gasteiger partial charge in [-0.15, -0.1) is 0 Å². The summed E-state index contributed by atoms with van der Waals surface area (Å²) >= 11 is 5.81. The predicted molar refractivity (Wildman–Crippen MR) is 102 cm³/mol. The number of nitrogens with two attached hydrogens (primary N) is 1. The SMILES string of the molecule is Nc1ccc(C(=O)N/N=C\c2ccc(-c3ccc(Cl)cc3[N+](=O)[O-])o2)cc1. The fourth-order valence-electron chi connectivity index (χ4n) is 2.28. The van der Waals surface area contributed by atoms with E-state index in [1.54, 1.807) is 36.4 Å². The largest absolute Gasteiger partial charge is 0.455 e. The summed E-state index contributed by atoms with van der Waals surface area (Å²) in [4.78, 5) is 22.6. The van der Waals surface area contributed by atoms with E-state index in [1.165, 1.54) is 24.4 Å². The van der Waals surface area contributed by atoms with Crippen LogP contribution in [0.4, 0.5) is 11.4 Å². The molecule has 0 bridgehead atoms. The van der Waals surface area contributed by atoms with Gasteiger partial charge in [0.05, 0.1) is 16.7 Å². The minimum atomic E-state index is -0.537. The zero-order valence-corrected chi connectivity index (χ0v) is 14.5. The third kappa shape index (κ3) is 4.31. The number of carbonyl (C=O) groups is 1. The van der Waals surface area contributed by atoms with Gasteiger partial charge < -0.3 is 10.2 Å². The lowest BCUT2D eigenvalue weighted by atomic mass is 10.1. The molecule has 1 heterocycles. The number of rotatable bonds is 5. The summed E-state index contributed by atoms with van der Waals surface area (Å²) < 4.78 is 5.54. The Hall–Kier alpha value is -3.65. The molecule has 0 unspecified atom stereocenters. The van der Waals surface area contributed by atoms with Crippen molar-refractivity contribution in [2.45, 2.75) is 0 Å². The van der Waals surface area contributed by atoms with Gasteiger partial charge in [0, 0.05) is 22.3 Å². The van der Waals surface area contributed by atoms with Gasteiger partial charge >= 0.3 is 0 Å². The Morgan fingerprint density at radius 2 is 1.93 bits per heavy atom. The van der Waals surface area contributed by atoms with Gasteiger partial charge in [-0.1, -0.05) is 11.6 Å². The highest BCUT2D eigenvalue weighted by Gasteiger charge is 2.18. The number of nitro groups is 1. The van der Waals surface area contributed by atoms with Gasteiger partial charge in [-0.25, -0.2) is 5.43 Å². The smallest absolute Gasteiger partial charge is 0.281 e. The number of amides is 1. The number of anilines is 1. The summed E-state index contributed by atoms with van der Waals surface area (Å²) in [5, 5.41) is 15.2. The van der Waals surface area contributed by atoms with Crippen LogP contribution in [0.5, 0.6) is 0 Å². The van der Waals surface area contributed by atoms with Crippen molar-refractivity contribution in [2.75, 3.05) is 5.73 Å². The molecule has 27 heavy (non-hydrogen) atoms. The predicted octanol–water partition coefficient (Wildman–Crippen LogP) is 3.85. The third-order valence-electron chi connectivity index (χ3n) is 3.58. The van der Waals surface area contributed by atoms with E-state index in [1.807, 2.05) is 0 Å². The van der Waals surface area contributed by atoms with Crippen molar-refractivity contribution in [2.24, 2.45) is 5.10 Å². The number of nitrogens with one attached hydrogen (secondary N) is 1. The third-order valence-corrected chi connectivity index (χ3v) is 3.81. The average molecular weight is 385 g/mol. The van der Waals surface area contributed by atoms with E-state index in [9.17, 15) is 14.9 Å². The van der Waals surface area contributed by atoms with Crippen molar-refractivity contribution < 1.29 is 14.1 Å². The van der Waals surface area contributed by atoms with Crippen molar-refractivity contribution in [3.8, 4) is 11.3 Å². The van der Waals surface area contributed by atoms with Gasteiger partial charge in [0.15, 0.2) is 0 Å². The van der Waals surface area contributed by atoms with E-state index in [0.717, 1.165) is 0 Å². The molecule has 3 aromatic rings. The highest BCUT2D eigenvalue weighted by molar-refractivity contribution is 6.30. The van der Waals surface area contributed by atoms with Crippen LogP contribution in [-0.4, -0.2) is 17.0 Å². The zero-order chi connectivity index (χ0) is 19.4. The van der Waals surface area contributed by atoms with E-state index in [-0.39, 0.29) is 22.0 Å². The van der Waals surface area contributed by atoms with Gasteiger partial charge in [0.1, 0.15) is 11.5 Å². The molecular formula is C18H13ClN4O4. The Kier molecular flexibility index (Phi) is 5.18. The lowest BCUT2D eigenvalue weighted by molar-refractivity contribution is -0.384. The quantitative estimate of drug-likeness (QED) is 0.299. The van der Waals surface area contributed by atoms with Crippen molar-refractivity contribution >= 4 is 35.1 Å². The number of furan rings is 1. The number of nitrogens with zero attached hydrogens (tertiary/aromatic N) is 2. The van der Waals surface area contributed by atoms with Crippen LogP contribution in [-0.2, 0) is 0 Å². The number of halogens is 1.